The van der Waals surface area contributed by atoms with Crippen molar-refractivity contribution < 1.29 is 4.79 Å². The molecule has 0 aliphatic carbocycles. The number of hydrogen-bond donors (Lipinski definition) is 0. The lowest BCUT2D eigenvalue weighted by Gasteiger charge is -2.42. The van der Waals surface area contributed by atoms with E-state index in [2.05, 4.69) is 27.7 Å². The first-order chi connectivity index (χ1) is 6.00. The molecule has 1 heterocycles. The van der Waals surface area contributed by atoms with Gasteiger partial charge >= 0.3 is 0 Å². The van der Waals surface area contributed by atoms with Crippen LogP contribution in [0.4, 0.5) is 0 Å². The van der Waals surface area contributed by atoms with Gasteiger partial charge in [-0.3, -0.25) is 4.79 Å². The van der Waals surface area contributed by atoms with Crippen molar-refractivity contribution in [1.82, 2.24) is 4.90 Å². The molecule has 1 amide bonds. The second kappa shape index (κ2) is 4.12. The Bertz CT molecular complexity index is 181. The van der Waals surface area contributed by atoms with Gasteiger partial charge in [0.1, 0.15) is 0 Å². The maximum atomic E-state index is 11.5. The van der Waals surface area contributed by atoms with Crippen LogP contribution in [0.25, 0.3) is 0 Å². The normalized spacial score (nSPS) is 18.2. The monoisotopic (exact) mass is 183 g/mol. The molecule has 1 aliphatic rings. The van der Waals surface area contributed by atoms with Crippen LogP contribution in [0.1, 0.15) is 34.1 Å². The minimum atomic E-state index is 0.340. The predicted molar refractivity (Wildman–Crippen MR) is 54.4 cm³/mol. The third kappa shape index (κ3) is 2.71. The fourth-order valence-electron chi connectivity index (χ4n) is 1.62. The summed E-state index contributed by atoms with van der Waals surface area (Å²) in [4.78, 5) is 13.5. The lowest BCUT2D eigenvalue weighted by molar-refractivity contribution is -0.139. The van der Waals surface area contributed by atoms with E-state index in [1.54, 1.807) is 0 Å². The van der Waals surface area contributed by atoms with E-state index in [0.717, 1.165) is 24.9 Å². The molecule has 2 heteroatoms. The van der Waals surface area contributed by atoms with E-state index in [4.69, 9.17) is 0 Å². The van der Waals surface area contributed by atoms with Crippen molar-refractivity contribution in [3.8, 4) is 0 Å². The minimum Gasteiger partial charge on any atom is -0.342 e. The highest BCUT2D eigenvalue weighted by Crippen LogP contribution is 2.24. The molecule has 0 N–H and O–H groups in total. The highest BCUT2D eigenvalue weighted by atomic mass is 16.2. The van der Waals surface area contributed by atoms with Gasteiger partial charge < -0.3 is 4.90 Å². The molecule has 0 unspecified atom stereocenters. The molecule has 0 bridgehead atoms. The zero-order valence-corrected chi connectivity index (χ0v) is 9.21. The first kappa shape index (κ1) is 10.6. The predicted octanol–water partition coefficient (Wildman–Crippen LogP) is 2.15. The van der Waals surface area contributed by atoms with Gasteiger partial charge in [0.05, 0.1) is 0 Å². The van der Waals surface area contributed by atoms with Gasteiger partial charge in [-0.15, -0.1) is 0 Å². The van der Waals surface area contributed by atoms with Crippen molar-refractivity contribution in [2.45, 2.75) is 34.1 Å². The Morgan fingerprint density at radius 1 is 1.31 bits per heavy atom. The number of rotatable bonds is 3. The molecule has 0 radical (unpaired) electrons. The van der Waals surface area contributed by atoms with Gasteiger partial charge in [-0.2, -0.15) is 0 Å². The number of likely N-dealkylation sites (tertiary alicyclic amines) is 1. The summed E-state index contributed by atoms with van der Waals surface area (Å²) in [7, 11) is 0. The minimum absolute atomic E-state index is 0.340. The molecule has 0 aromatic rings. The summed E-state index contributed by atoms with van der Waals surface area (Å²) >= 11 is 0. The molecule has 76 valence electrons. The molecular weight excluding hydrogens is 162 g/mol. The van der Waals surface area contributed by atoms with E-state index < -0.39 is 0 Å². The summed E-state index contributed by atoms with van der Waals surface area (Å²) in [6.45, 7) is 10.6. The largest absolute Gasteiger partial charge is 0.342 e. The summed E-state index contributed by atoms with van der Waals surface area (Å²) in [5.41, 5.74) is 0. The molecule has 0 aromatic carbocycles. The molecule has 0 spiro atoms. The lowest BCUT2D eigenvalue weighted by atomic mass is 9.88. The van der Waals surface area contributed by atoms with Crippen LogP contribution in [0.3, 0.4) is 0 Å². The SMILES string of the molecule is CC(C)CC(=O)N1CC(C(C)C)C1. The third-order valence-electron chi connectivity index (χ3n) is 2.79. The van der Waals surface area contributed by atoms with Crippen LogP contribution in [0.15, 0.2) is 0 Å². The maximum Gasteiger partial charge on any atom is 0.222 e. The van der Waals surface area contributed by atoms with Gasteiger partial charge in [0.15, 0.2) is 0 Å². The second-order valence-electron chi connectivity index (χ2n) is 4.90. The maximum absolute atomic E-state index is 11.5. The lowest BCUT2D eigenvalue weighted by Crippen LogP contribution is -2.52. The first-order valence-electron chi connectivity index (χ1n) is 5.28. The second-order valence-corrected chi connectivity index (χ2v) is 4.90. The van der Waals surface area contributed by atoms with Crippen LogP contribution in [-0.4, -0.2) is 23.9 Å². The molecule has 1 rings (SSSR count). The summed E-state index contributed by atoms with van der Waals surface area (Å²) in [6, 6.07) is 0. The van der Waals surface area contributed by atoms with Crippen molar-refractivity contribution in [3.05, 3.63) is 0 Å². The van der Waals surface area contributed by atoms with E-state index >= 15 is 0 Å². The van der Waals surface area contributed by atoms with Gasteiger partial charge in [0.2, 0.25) is 5.91 Å². The molecule has 1 fully saturated rings. The van der Waals surface area contributed by atoms with Crippen LogP contribution in [0.5, 0.6) is 0 Å². The molecule has 13 heavy (non-hydrogen) atoms. The zero-order valence-electron chi connectivity index (χ0n) is 9.21. The van der Waals surface area contributed by atoms with Crippen LogP contribution in [0, 0.1) is 17.8 Å². The zero-order chi connectivity index (χ0) is 10.0. The Morgan fingerprint density at radius 3 is 2.23 bits per heavy atom. The highest BCUT2D eigenvalue weighted by Gasteiger charge is 2.32. The van der Waals surface area contributed by atoms with Crippen molar-refractivity contribution >= 4 is 5.91 Å². The molecule has 1 aliphatic heterocycles. The van der Waals surface area contributed by atoms with Crippen LogP contribution < -0.4 is 0 Å². The van der Waals surface area contributed by atoms with Crippen molar-refractivity contribution in [2.75, 3.05) is 13.1 Å². The van der Waals surface area contributed by atoms with Gasteiger partial charge in [0.25, 0.3) is 0 Å². The summed E-state index contributed by atoms with van der Waals surface area (Å²) in [6.07, 6.45) is 0.713. The highest BCUT2D eigenvalue weighted by molar-refractivity contribution is 5.77. The molecule has 0 aromatic heterocycles. The van der Waals surface area contributed by atoms with Crippen LogP contribution in [-0.2, 0) is 4.79 Å². The first-order valence-corrected chi connectivity index (χ1v) is 5.28. The Morgan fingerprint density at radius 2 is 1.85 bits per heavy atom. The molecular formula is C11H21NO. The van der Waals surface area contributed by atoms with Gasteiger partial charge in [-0.1, -0.05) is 27.7 Å². The Hall–Kier alpha value is -0.530. The fourth-order valence-corrected chi connectivity index (χ4v) is 1.62. The number of carbonyl (C=O) groups excluding carboxylic acids is 1. The Kier molecular flexibility index (Phi) is 3.34. The fraction of sp³-hybridized carbons (Fsp3) is 0.909. The van der Waals surface area contributed by atoms with E-state index in [0.29, 0.717) is 18.2 Å². The summed E-state index contributed by atoms with van der Waals surface area (Å²) < 4.78 is 0. The van der Waals surface area contributed by atoms with Crippen LogP contribution >= 0.6 is 0 Å². The average molecular weight is 183 g/mol. The Labute approximate surface area is 81.3 Å². The summed E-state index contributed by atoms with van der Waals surface area (Å²) in [5.74, 6) is 2.30. The van der Waals surface area contributed by atoms with E-state index in [1.807, 2.05) is 4.90 Å². The van der Waals surface area contributed by atoms with Crippen molar-refractivity contribution in [1.29, 1.82) is 0 Å². The smallest absolute Gasteiger partial charge is 0.222 e. The van der Waals surface area contributed by atoms with Crippen LogP contribution in [0.2, 0.25) is 0 Å². The number of hydrogen-bond acceptors (Lipinski definition) is 1. The molecule has 0 saturated carbocycles. The van der Waals surface area contributed by atoms with Gasteiger partial charge in [0, 0.05) is 19.5 Å². The third-order valence-corrected chi connectivity index (χ3v) is 2.79. The number of nitrogens with zero attached hydrogens (tertiary/aromatic N) is 1. The molecule has 0 atom stereocenters. The standard InChI is InChI=1S/C11H21NO/c1-8(2)5-11(13)12-6-10(7-12)9(3)4/h8-10H,5-7H2,1-4H3. The summed E-state index contributed by atoms with van der Waals surface area (Å²) in [5, 5.41) is 0. The number of carbonyl (C=O) groups is 1. The van der Waals surface area contributed by atoms with E-state index in [-0.39, 0.29) is 0 Å². The topological polar surface area (TPSA) is 20.3 Å². The molecule has 1 saturated heterocycles. The van der Waals surface area contributed by atoms with Gasteiger partial charge in [-0.05, 0) is 17.8 Å². The quantitative estimate of drug-likeness (QED) is 0.656. The Balaban J connectivity index is 2.23. The van der Waals surface area contributed by atoms with Gasteiger partial charge in [-0.25, -0.2) is 0 Å². The van der Waals surface area contributed by atoms with Crippen molar-refractivity contribution in [2.24, 2.45) is 17.8 Å². The average Bonchev–Trinajstić information content (AvgIpc) is 1.79. The van der Waals surface area contributed by atoms with E-state index in [9.17, 15) is 4.79 Å². The van der Waals surface area contributed by atoms with E-state index in [1.165, 1.54) is 0 Å². The number of amides is 1. The van der Waals surface area contributed by atoms with Crippen molar-refractivity contribution in [3.63, 3.8) is 0 Å². The molecule has 2 nitrogen and oxygen atoms in total.